The molecule has 0 radical (unpaired) electrons. The lowest BCUT2D eigenvalue weighted by molar-refractivity contribution is 0.314. The van der Waals surface area contributed by atoms with Crippen LogP contribution in [0.4, 0.5) is 4.39 Å². The van der Waals surface area contributed by atoms with Gasteiger partial charge in [-0.2, -0.15) is 14.5 Å². The van der Waals surface area contributed by atoms with Gasteiger partial charge in [0.25, 0.3) is 0 Å². The molecule has 0 aromatic carbocycles. The molecule has 0 aliphatic carbocycles. The Morgan fingerprint density at radius 3 is 2.75 bits per heavy atom. The molecule has 1 saturated heterocycles. The molecule has 8 nitrogen and oxygen atoms in total. The second-order valence-electron chi connectivity index (χ2n) is 7.45. The van der Waals surface area contributed by atoms with Crippen molar-refractivity contribution in [1.82, 2.24) is 28.7 Å². The number of halogens is 1. The van der Waals surface area contributed by atoms with Gasteiger partial charge in [-0.3, -0.25) is 4.68 Å². The largest absolute Gasteiger partial charge is 0.268 e. The highest BCUT2D eigenvalue weighted by Crippen LogP contribution is 2.33. The smallest absolute Gasteiger partial charge is 0.246 e. The summed E-state index contributed by atoms with van der Waals surface area (Å²) in [6.07, 6.45) is 8.44. The summed E-state index contributed by atoms with van der Waals surface area (Å²) >= 11 is 0. The Hall–Kier alpha value is -2.33. The molecule has 10 heteroatoms. The van der Waals surface area contributed by atoms with Gasteiger partial charge in [-0.25, -0.2) is 22.3 Å². The summed E-state index contributed by atoms with van der Waals surface area (Å²) in [6, 6.07) is 1.38. The second kappa shape index (κ2) is 6.63. The van der Waals surface area contributed by atoms with Crippen LogP contribution in [0.25, 0.3) is 5.65 Å². The van der Waals surface area contributed by atoms with Gasteiger partial charge in [0.05, 0.1) is 11.9 Å². The van der Waals surface area contributed by atoms with Crippen molar-refractivity contribution in [3.63, 3.8) is 0 Å². The molecular weight excluding hydrogens is 383 g/mol. The van der Waals surface area contributed by atoms with Crippen LogP contribution in [0, 0.1) is 5.82 Å². The maximum atomic E-state index is 14.5. The molecule has 1 fully saturated rings. The molecule has 2 aliphatic heterocycles. The average Bonchev–Trinajstić information content (AvgIpc) is 3.34. The molecule has 2 aliphatic rings. The molecule has 3 aromatic rings. The van der Waals surface area contributed by atoms with E-state index in [0.29, 0.717) is 42.0 Å². The van der Waals surface area contributed by atoms with Gasteiger partial charge in [0.15, 0.2) is 5.65 Å². The van der Waals surface area contributed by atoms with E-state index in [9.17, 15) is 12.8 Å². The standard InChI is InChI=1S/C18H21FN6O2S/c19-15-9-18-20-12-22-25(18)11-14(15)13-4-7-23(8-5-13)28(26,27)17-10-21-24-6-2-1-3-16(17)24/h9-13H,1-8H2. The molecule has 3 aromatic heterocycles. The van der Waals surface area contributed by atoms with Crippen LogP contribution in [0.2, 0.25) is 0 Å². The summed E-state index contributed by atoms with van der Waals surface area (Å²) in [5.74, 6) is -0.353. The number of hydrogen-bond donors (Lipinski definition) is 0. The Bertz CT molecular complexity index is 1130. The van der Waals surface area contributed by atoms with E-state index in [-0.39, 0.29) is 11.7 Å². The van der Waals surface area contributed by atoms with E-state index in [1.165, 1.54) is 22.9 Å². The Kier molecular flexibility index (Phi) is 4.20. The maximum absolute atomic E-state index is 14.5. The third kappa shape index (κ3) is 2.82. The van der Waals surface area contributed by atoms with E-state index in [1.54, 1.807) is 10.7 Å². The second-order valence-corrected chi connectivity index (χ2v) is 9.36. The van der Waals surface area contributed by atoms with Gasteiger partial charge in [0.2, 0.25) is 10.0 Å². The first-order valence-corrected chi connectivity index (χ1v) is 11.0. The quantitative estimate of drug-likeness (QED) is 0.666. The predicted octanol–water partition coefficient (Wildman–Crippen LogP) is 1.97. The highest BCUT2D eigenvalue weighted by molar-refractivity contribution is 7.89. The van der Waals surface area contributed by atoms with Crippen LogP contribution >= 0.6 is 0 Å². The summed E-state index contributed by atoms with van der Waals surface area (Å²) in [5, 5.41) is 8.33. The summed E-state index contributed by atoms with van der Waals surface area (Å²) < 4.78 is 45.7. The molecule has 0 spiro atoms. The van der Waals surface area contributed by atoms with Crippen LogP contribution in [0.5, 0.6) is 0 Å². The third-order valence-corrected chi connectivity index (χ3v) is 7.79. The first-order valence-electron chi connectivity index (χ1n) is 9.57. The number of rotatable bonds is 3. The minimum Gasteiger partial charge on any atom is -0.268 e. The van der Waals surface area contributed by atoms with E-state index in [0.717, 1.165) is 31.5 Å². The van der Waals surface area contributed by atoms with Crippen molar-refractivity contribution in [2.45, 2.75) is 49.5 Å². The summed E-state index contributed by atoms with van der Waals surface area (Å²) in [7, 11) is -3.57. The van der Waals surface area contributed by atoms with Gasteiger partial charge in [-0.05, 0) is 38.0 Å². The highest BCUT2D eigenvalue weighted by atomic mass is 32.2. The molecule has 28 heavy (non-hydrogen) atoms. The van der Waals surface area contributed by atoms with Gasteiger partial charge in [0, 0.05) is 37.5 Å². The van der Waals surface area contributed by atoms with Crippen molar-refractivity contribution in [3.05, 3.63) is 41.9 Å². The summed E-state index contributed by atoms with van der Waals surface area (Å²) in [5.41, 5.74) is 1.85. The van der Waals surface area contributed by atoms with Gasteiger partial charge >= 0.3 is 0 Å². The van der Waals surface area contributed by atoms with E-state index in [4.69, 9.17) is 0 Å². The normalized spacial score (nSPS) is 19.2. The van der Waals surface area contributed by atoms with E-state index in [2.05, 4.69) is 15.2 Å². The number of pyridine rings is 1. The van der Waals surface area contributed by atoms with E-state index >= 15 is 0 Å². The topological polar surface area (TPSA) is 85.4 Å². The molecule has 5 heterocycles. The highest BCUT2D eigenvalue weighted by Gasteiger charge is 2.34. The van der Waals surface area contributed by atoms with E-state index < -0.39 is 10.0 Å². The van der Waals surface area contributed by atoms with Crippen molar-refractivity contribution in [1.29, 1.82) is 0 Å². The molecule has 148 valence electrons. The fourth-order valence-electron chi connectivity index (χ4n) is 4.31. The fraction of sp³-hybridized carbons (Fsp3) is 0.500. The number of sulfonamides is 1. The number of aromatic nitrogens is 5. The van der Waals surface area contributed by atoms with Gasteiger partial charge < -0.3 is 0 Å². The molecule has 5 rings (SSSR count). The van der Waals surface area contributed by atoms with Gasteiger partial charge in [-0.1, -0.05) is 0 Å². The van der Waals surface area contributed by atoms with Crippen molar-refractivity contribution in [2.75, 3.05) is 13.1 Å². The Morgan fingerprint density at radius 2 is 1.93 bits per heavy atom. The Labute approximate surface area is 162 Å². The minimum atomic E-state index is -3.57. The van der Waals surface area contributed by atoms with Gasteiger partial charge in [-0.15, -0.1) is 0 Å². The molecule has 0 unspecified atom stereocenters. The number of piperidine rings is 1. The zero-order chi connectivity index (χ0) is 19.3. The number of aryl methyl sites for hydroxylation is 1. The first-order chi connectivity index (χ1) is 13.5. The number of fused-ring (bicyclic) bond motifs is 2. The van der Waals surface area contributed by atoms with Crippen LogP contribution < -0.4 is 0 Å². The molecule has 0 amide bonds. The first kappa shape index (κ1) is 17.7. The number of hydrogen-bond acceptors (Lipinski definition) is 5. The molecule has 0 N–H and O–H groups in total. The molecular formula is C18H21FN6O2S. The predicted molar refractivity (Wildman–Crippen MR) is 98.8 cm³/mol. The lowest BCUT2D eigenvalue weighted by Gasteiger charge is -2.31. The van der Waals surface area contributed by atoms with Crippen LogP contribution in [0.3, 0.4) is 0 Å². The average molecular weight is 404 g/mol. The molecule has 0 saturated carbocycles. The SMILES string of the molecule is O=S(=O)(c1cnn2c1CCCC2)N1CCC(c2cn3ncnc3cc2F)CC1. The van der Waals surface area contributed by atoms with Gasteiger partial charge in [0.1, 0.15) is 17.0 Å². The monoisotopic (exact) mass is 404 g/mol. The fourth-order valence-corrected chi connectivity index (χ4v) is 5.96. The molecule has 0 atom stereocenters. The Balaban J connectivity index is 1.36. The van der Waals surface area contributed by atoms with E-state index in [1.807, 2.05) is 4.68 Å². The lowest BCUT2D eigenvalue weighted by atomic mass is 9.91. The van der Waals surface area contributed by atoms with Crippen molar-refractivity contribution >= 4 is 15.7 Å². The van der Waals surface area contributed by atoms with Crippen molar-refractivity contribution in [3.8, 4) is 0 Å². The van der Waals surface area contributed by atoms with Crippen LogP contribution in [-0.2, 0) is 23.0 Å². The Morgan fingerprint density at radius 1 is 1.11 bits per heavy atom. The molecule has 0 bridgehead atoms. The maximum Gasteiger partial charge on any atom is 0.246 e. The minimum absolute atomic E-state index is 0.0406. The third-order valence-electron chi connectivity index (χ3n) is 5.85. The lowest BCUT2D eigenvalue weighted by Crippen LogP contribution is -2.38. The number of nitrogens with zero attached hydrogens (tertiary/aromatic N) is 6. The van der Waals surface area contributed by atoms with Crippen LogP contribution in [0.15, 0.2) is 29.7 Å². The summed E-state index contributed by atoms with van der Waals surface area (Å²) in [6.45, 7) is 1.51. The van der Waals surface area contributed by atoms with Crippen molar-refractivity contribution < 1.29 is 12.8 Å². The van der Waals surface area contributed by atoms with Crippen molar-refractivity contribution in [2.24, 2.45) is 0 Å². The zero-order valence-electron chi connectivity index (χ0n) is 15.3. The van der Waals surface area contributed by atoms with Crippen LogP contribution in [-0.4, -0.2) is 50.2 Å². The van der Waals surface area contributed by atoms with Crippen LogP contribution in [0.1, 0.15) is 42.9 Å². The zero-order valence-corrected chi connectivity index (χ0v) is 16.1. The summed E-state index contributed by atoms with van der Waals surface area (Å²) in [4.78, 5) is 4.32.